The number of hydrogen-bond donors (Lipinski definition) is 1. The van der Waals surface area contributed by atoms with Crippen LogP contribution in [0.2, 0.25) is 0 Å². The van der Waals surface area contributed by atoms with Gasteiger partial charge in [-0.25, -0.2) is 4.98 Å². The molecule has 0 aliphatic carbocycles. The van der Waals surface area contributed by atoms with Gasteiger partial charge in [-0.2, -0.15) is 4.39 Å². The first-order valence-electron chi connectivity index (χ1n) is 7.49. The van der Waals surface area contributed by atoms with Gasteiger partial charge in [0, 0.05) is 33.3 Å². The average Bonchev–Trinajstić information content (AvgIpc) is 2.64. The quantitative estimate of drug-likeness (QED) is 0.679. The van der Waals surface area contributed by atoms with Crippen molar-refractivity contribution in [1.82, 2.24) is 4.98 Å². The number of methoxy groups -OCH3 is 1. The summed E-state index contributed by atoms with van der Waals surface area (Å²) in [5, 5.41) is 2.73. The van der Waals surface area contributed by atoms with E-state index in [1.807, 2.05) is 36.4 Å². The van der Waals surface area contributed by atoms with E-state index in [2.05, 4.69) is 10.3 Å². The Hall–Kier alpha value is -2.86. The molecule has 1 N–H and O–H groups in total. The van der Waals surface area contributed by atoms with Gasteiger partial charge in [0.2, 0.25) is 5.95 Å². The van der Waals surface area contributed by atoms with Gasteiger partial charge >= 0.3 is 0 Å². The molecule has 0 saturated heterocycles. The standard InChI is InChI=1S/C19H15FN2O2S/c1-24-15-4-8-17(9-5-15)25-16-6-2-14(3-7-16)22-19(23)13-10-11-21-18(20)12-13/h2-12H,1H3,(H,22,23). The number of amides is 1. The third-order valence-electron chi connectivity index (χ3n) is 3.40. The second kappa shape index (κ2) is 7.81. The Kier molecular flexibility index (Phi) is 5.30. The highest BCUT2D eigenvalue weighted by molar-refractivity contribution is 7.99. The van der Waals surface area contributed by atoms with E-state index < -0.39 is 5.95 Å². The van der Waals surface area contributed by atoms with Gasteiger partial charge in [0.15, 0.2) is 0 Å². The summed E-state index contributed by atoms with van der Waals surface area (Å²) in [5.74, 6) is -0.245. The Morgan fingerprint density at radius 2 is 1.68 bits per heavy atom. The summed E-state index contributed by atoms with van der Waals surface area (Å²) in [6.07, 6.45) is 1.26. The minimum Gasteiger partial charge on any atom is -0.497 e. The van der Waals surface area contributed by atoms with Crippen LogP contribution in [-0.2, 0) is 0 Å². The number of nitrogens with one attached hydrogen (secondary N) is 1. The van der Waals surface area contributed by atoms with Crippen LogP contribution in [0.5, 0.6) is 5.75 Å². The molecule has 0 unspecified atom stereocenters. The van der Waals surface area contributed by atoms with Crippen molar-refractivity contribution in [2.45, 2.75) is 9.79 Å². The summed E-state index contributed by atoms with van der Waals surface area (Å²) < 4.78 is 18.2. The van der Waals surface area contributed by atoms with E-state index in [9.17, 15) is 9.18 Å². The molecule has 25 heavy (non-hydrogen) atoms. The second-order valence-electron chi connectivity index (χ2n) is 5.12. The minimum absolute atomic E-state index is 0.226. The van der Waals surface area contributed by atoms with E-state index in [0.717, 1.165) is 21.6 Å². The Morgan fingerprint density at radius 3 is 2.28 bits per heavy atom. The van der Waals surface area contributed by atoms with E-state index in [4.69, 9.17) is 4.74 Å². The van der Waals surface area contributed by atoms with Gasteiger partial charge in [-0.05, 0) is 54.6 Å². The molecule has 0 radical (unpaired) electrons. The van der Waals surface area contributed by atoms with Gasteiger partial charge in [-0.1, -0.05) is 11.8 Å². The smallest absolute Gasteiger partial charge is 0.255 e. The number of carbonyl (C=O) groups is 1. The zero-order valence-electron chi connectivity index (χ0n) is 13.4. The van der Waals surface area contributed by atoms with E-state index >= 15 is 0 Å². The fourth-order valence-electron chi connectivity index (χ4n) is 2.13. The van der Waals surface area contributed by atoms with Crippen molar-refractivity contribution in [3.63, 3.8) is 0 Å². The first-order chi connectivity index (χ1) is 12.1. The fourth-order valence-corrected chi connectivity index (χ4v) is 2.95. The zero-order valence-corrected chi connectivity index (χ0v) is 14.2. The number of carbonyl (C=O) groups excluding carboxylic acids is 1. The highest BCUT2D eigenvalue weighted by Gasteiger charge is 2.07. The van der Waals surface area contributed by atoms with Gasteiger partial charge in [-0.3, -0.25) is 4.79 Å². The molecular weight excluding hydrogens is 339 g/mol. The van der Waals surface area contributed by atoms with Crippen LogP contribution in [0.25, 0.3) is 0 Å². The number of rotatable bonds is 5. The lowest BCUT2D eigenvalue weighted by molar-refractivity contribution is 0.102. The predicted octanol–water partition coefficient (Wildman–Crippen LogP) is 4.63. The first kappa shape index (κ1) is 17.0. The lowest BCUT2D eigenvalue weighted by Crippen LogP contribution is -2.12. The van der Waals surface area contributed by atoms with Crippen molar-refractivity contribution in [3.8, 4) is 5.75 Å². The largest absolute Gasteiger partial charge is 0.497 e. The molecule has 0 saturated carbocycles. The molecule has 4 nitrogen and oxygen atoms in total. The van der Waals surface area contributed by atoms with Crippen molar-refractivity contribution < 1.29 is 13.9 Å². The SMILES string of the molecule is COc1ccc(Sc2ccc(NC(=O)c3ccnc(F)c3)cc2)cc1. The number of ether oxygens (including phenoxy) is 1. The molecule has 3 rings (SSSR count). The molecule has 1 amide bonds. The van der Waals surface area contributed by atoms with E-state index in [0.29, 0.717) is 5.69 Å². The maximum absolute atomic E-state index is 13.1. The number of pyridine rings is 1. The van der Waals surface area contributed by atoms with Gasteiger partial charge in [0.25, 0.3) is 5.91 Å². The maximum atomic E-state index is 13.1. The maximum Gasteiger partial charge on any atom is 0.255 e. The zero-order chi connectivity index (χ0) is 17.6. The topological polar surface area (TPSA) is 51.2 Å². The van der Waals surface area contributed by atoms with Crippen molar-refractivity contribution in [2.24, 2.45) is 0 Å². The van der Waals surface area contributed by atoms with Gasteiger partial charge in [-0.15, -0.1) is 0 Å². The molecule has 0 fully saturated rings. The van der Waals surface area contributed by atoms with E-state index in [1.54, 1.807) is 31.0 Å². The van der Waals surface area contributed by atoms with Crippen LogP contribution >= 0.6 is 11.8 Å². The van der Waals surface area contributed by atoms with Gasteiger partial charge < -0.3 is 10.1 Å². The highest BCUT2D eigenvalue weighted by Crippen LogP contribution is 2.29. The number of aromatic nitrogens is 1. The average molecular weight is 354 g/mol. The first-order valence-corrected chi connectivity index (χ1v) is 8.30. The van der Waals surface area contributed by atoms with Gasteiger partial charge in [0.05, 0.1) is 7.11 Å². The van der Waals surface area contributed by atoms with Crippen molar-refractivity contribution in [1.29, 1.82) is 0 Å². The van der Waals surface area contributed by atoms with Crippen LogP contribution in [0.3, 0.4) is 0 Å². The minimum atomic E-state index is -0.682. The summed E-state index contributed by atoms with van der Waals surface area (Å²) in [4.78, 5) is 17.6. The number of hydrogen-bond acceptors (Lipinski definition) is 4. The summed E-state index contributed by atoms with van der Waals surface area (Å²) >= 11 is 1.61. The summed E-state index contributed by atoms with van der Waals surface area (Å²) in [7, 11) is 1.63. The highest BCUT2D eigenvalue weighted by atomic mass is 32.2. The molecule has 0 spiro atoms. The molecule has 0 aliphatic rings. The molecule has 1 aromatic heterocycles. The summed E-state index contributed by atoms with van der Waals surface area (Å²) in [6, 6.07) is 17.8. The Morgan fingerprint density at radius 1 is 1.04 bits per heavy atom. The van der Waals surface area contributed by atoms with Crippen molar-refractivity contribution >= 4 is 23.4 Å². The second-order valence-corrected chi connectivity index (χ2v) is 6.27. The van der Waals surface area contributed by atoms with Crippen LogP contribution in [0.1, 0.15) is 10.4 Å². The van der Waals surface area contributed by atoms with Crippen molar-refractivity contribution in [2.75, 3.05) is 12.4 Å². The number of nitrogens with zero attached hydrogens (tertiary/aromatic N) is 1. The lowest BCUT2D eigenvalue weighted by Gasteiger charge is -2.07. The molecule has 0 aliphatic heterocycles. The monoisotopic (exact) mass is 354 g/mol. The number of anilines is 1. The normalized spacial score (nSPS) is 10.3. The van der Waals surface area contributed by atoms with Crippen LogP contribution < -0.4 is 10.1 Å². The lowest BCUT2D eigenvalue weighted by atomic mass is 10.2. The Labute approximate surface area is 149 Å². The van der Waals surface area contributed by atoms with E-state index in [-0.39, 0.29) is 11.5 Å². The molecule has 6 heteroatoms. The fraction of sp³-hybridized carbons (Fsp3) is 0.0526. The molecule has 0 bridgehead atoms. The van der Waals surface area contributed by atoms with Crippen LogP contribution in [0.15, 0.2) is 76.7 Å². The molecule has 2 aromatic carbocycles. The predicted molar refractivity (Wildman–Crippen MR) is 95.7 cm³/mol. The van der Waals surface area contributed by atoms with Crippen LogP contribution in [-0.4, -0.2) is 18.0 Å². The number of benzene rings is 2. The summed E-state index contributed by atoms with van der Waals surface area (Å²) in [5.41, 5.74) is 0.866. The number of halogens is 1. The molecule has 3 aromatic rings. The molecule has 1 heterocycles. The third kappa shape index (κ3) is 4.58. The van der Waals surface area contributed by atoms with E-state index in [1.165, 1.54) is 12.3 Å². The van der Waals surface area contributed by atoms with Crippen LogP contribution in [0, 0.1) is 5.95 Å². The van der Waals surface area contributed by atoms with Gasteiger partial charge in [0.1, 0.15) is 5.75 Å². The third-order valence-corrected chi connectivity index (χ3v) is 4.41. The molecular formula is C19H15FN2O2S. The van der Waals surface area contributed by atoms with Crippen molar-refractivity contribution in [3.05, 3.63) is 78.4 Å². The Balaban J connectivity index is 1.64. The Bertz CT molecular complexity index is 867. The molecule has 126 valence electrons. The van der Waals surface area contributed by atoms with Crippen LogP contribution in [0.4, 0.5) is 10.1 Å². The molecule has 0 atom stereocenters. The summed E-state index contributed by atoms with van der Waals surface area (Å²) in [6.45, 7) is 0.